The third-order valence-electron chi connectivity index (χ3n) is 3.01. The second kappa shape index (κ2) is 3.73. The van der Waals surface area contributed by atoms with Gasteiger partial charge >= 0.3 is 0 Å². The third kappa shape index (κ3) is 1.71. The Morgan fingerprint density at radius 2 is 2.12 bits per heavy atom. The first-order chi connectivity index (χ1) is 8.24. The van der Waals surface area contributed by atoms with Gasteiger partial charge in [-0.3, -0.25) is 0 Å². The van der Waals surface area contributed by atoms with Crippen LogP contribution in [0.15, 0.2) is 24.3 Å². The maximum absolute atomic E-state index is 5.66. The number of benzene rings is 1. The van der Waals surface area contributed by atoms with Crippen LogP contribution in [-0.2, 0) is 6.42 Å². The number of nitrogens with zero attached hydrogens (tertiary/aromatic N) is 2. The van der Waals surface area contributed by atoms with Crippen LogP contribution in [-0.4, -0.2) is 16.8 Å². The van der Waals surface area contributed by atoms with Gasteiger partial charge in [-0.05, 0) is 42.3 Å². The summed E-state index contributed by atoms with van der Waals surface area (Å²) in [6.45, 7) is 2.70. The molecule has 2 heterocycles. The number of fused-ring (bicyclic) bond motifs is 1. The average molecular weight is 227 g/mol. The molecule has 3 rings (SSSR count). The lowest BCUT2D eigenvalue weighted by Crippen LogP contribution is -1.98. The fourth-order valence-corrected chi connectivity index (χ4v) is 1.98. The van der Waals surface area contributed by atoms with E-state index in [9.17, 15) is 0 Å². The van der Waals surface area contributed by atoms with Crippen molar-refractivity contribution in [3.63, 3.8) is 0 Å². The number of nitrogen functional groups attached to an aromatic ring is 1. The molecule has 0 aliphatic carbocycles. The zero-order valence-electron chi connectivity index (χ0n) is 9.60. The van der Waals surface area contributed by atoms with Gasteiger partial charge < -0.3 is 10.5 Å². The normalized spacial score (nSPS) is 13.2. The second-order valence-electron chi connectivity index (χ2n) is 4.22. The Hall–Kier alpha value is -2.10. The van der Waals surface area contributed by atoms with Crippen LogP contribution in [0.1, 0.15) is 11.1 Å². The summed E-state index contributed by atoms with van der Waals surface area (Å²) in [5, 5.41) is 8.06. The van der Waals surface area contributed by atoms with Crippen LogP contribution >= 0.6 is 0 Å². The Morgan fingerprint density at radius 3 is 2.94 bits per heavy atom. The minimum absolute atomic E-state index is 0.484. The highest BCUT2D eigenvalue weighted by Crippen LogP contribution is 2.29. The molecule has 0 saturated heterocycles. The lowest BCUT2D eigenvalue weighted by molar-refractivity contribution is 0.357. The second-order valence-corrected chi connectivity index (χ2v) is 4.22. The summed E-state index contributed by atoms with van der Waals surface area (Å²) >= 11 is 0. The van der Waals surface area contributed by atoms with Crippen molar-refractivity contribution in [1.29, 1.82) is 0 Å². The summed E-state index contributed by atoms with van der Waals surface area (Å²) in [4.78, 5) is 0. The molecule has 4 nitrogen and oxygen atoms in total. The SMILES string of the molecule is Cc1cc(-c2ccc3c(c2)CCO3)nnc1N. The average Bonchev–Trinajstić information content (AvgIpc) is 2.79. The van der Waals surface area contributed by atoms with Crippen molar-refractivity contribution in [2.75, 3.05) is 12.3 Å². The maximum atomic E-state index is 5.66. The standard InChI is InChI=1S/C13H13N3O/c1-8-6-11(15-16-13(8)14)9-2-3-12-10(7-9)4-5-17-12/h2-3,6-7H,4-5H2,1H3,(H2,14,16). The Balaban J connectivity index is 2.06. The minimum atomic E-state index is 0.484. The summed E-state index contributed by atoms with van der Waals surface area (Å²) in [6.07, 6.45) is 0.963. The molecule has 0 amide bonds. The van der Waals surface area contributed by atoms with E-state index >= 15 is 0 Å². The highest BCUT2D eigenvalue weighted by molar-refractivity contribution is 5.64. The Kier molecular flexibility index (Phi) is 2.21. The Bertz CT molecular complexity index is 581. The number of aromatic nitrogens is 2. The summed E-state index contributed by atoms with van der Waals surface area (Å²) in [7, 11) is 0. The molecule has 0 bridgehead atoms. The molecule has 0 radical (unpaired) electrons. The first kappa shape index (κ1) is 10.1. The topological polar surface area (TPSA) is 61.0 Å². The molecular formula is C13H13N3O. The number of anilines is 1. The molecule has 2 N–H and O–H groups in total. The van der Waals surface area contributed by atoms with E-state index in [1.165, 1.54) is 5.56 Å². The summed E-state index contributed by atoms with van der Waals surface area (Å²) in [6, 6.07) is 8.07. The molecule has 17 heavy (non-hydrogen) atoms. The maximum Gasteiger partial charge on any atom is 0.149 e. The van der Waals surface area contributed by atoms with E-state index in [1.54, 1.807) is 0 Å². The highest BCUT2D eigenvalue weighted by atomic mass is 16.5. The largest absolute Gasteiger partial charge is 0.493 e. The van der Waals surface area contributed by atoms with Crippen LogP contribution < -0.4 is 10.5 Å². The molecular weight excluding hydrogens is 214 g/mol. The van der Waals surface area contributed by atoms with Crippen molar-refractivity contribution in [2.24, 2.45) is 0 Å². The molecule has 1 aliphatic rings. The van der Waals surface area contributed by atoms with E-state index in [-0.39, 0.29) is 0 Å². The molecule has 0 saturated carbocycles. The molecule has 86 valence electrons. The van der Waals surface area contributed by atoms with E-state index in [4.69, 9.17) is 10.5 Å². The van der Waals surface area contributed by atoms with Crippen molar-refractivity contribution in [2.45, 2.75) is 13.3 Å². The molecule has 1 aromatic heterocycles. The molecule has 1 aromatic carbocycles. The fourth-order valence-electron chi connectivity index (χ4n) is 1.98. The van der Waals surface area contributed by atoms with Gasteiger partial charge in [0.2, 0.25) is 0 Å². The summed E-state index contributed by atoms with van der Waals surface area (Å²) in [5.41, 5.74) is 9.76. The number of ether oxygens (including phenoxy) is 1. The Morgan fingerprint density at radius 1 is 1.24 bits per heavy atom. The minimum Gasteiger partial charge on any atom is -0.493 e. The highest BCUT2D eigenvalue weighted by Gasteiger charge is 2.13. The van der Waals surface area contributed by atoms with Gasteiger partial charge in [0.1, 0.15) is 11.6 Å². The van der Waals surface area contributed by atoms with Crippen LogP contribution in [0.3, 0.4) is 0 Å². The van der Waals surface area contributed by atoms with Crippen molar-refractivity contribution in [1.82, 2.24) is 10.2 Å². The summed E-state index contributed by atoms with van der Waals surface area (Å²) < 4.78 is 5.48. The third-order valence-corrected chi connectivity index (χ3v) is 3.01. The lowest BCUT2D eigenvalue weighted by atomic mass is 10.1. The number of hydrogen-bond donors (Lipinski definition) is 1. The van der Waals surface area contributed by atoms with E-state index in [0.717, 1.165) is 35.6 Å². The molecule has 0 unspecified atom stereocenters. The fraction of sp³-hybridized carbons (Fsp3) is 0.231. The van der Waals surface area contributed by atoms with Crippen LogP contribution in [0.25, 0.3) is 11.3 Å². The van der Waals surface area contributed by atoms with E-state index in [2.05, 4.69) is 16.3 Å². The van der Waals surface area contributed by atoms with Gasteiger partial charge in [0.15, 0.2) is 0 Å². The lowest BCUT2D eigenvalue weighted by Gasteiger charge is -2.05. The number of aryl methyl sites for hydroxylation is 1. The molecule has 0 spiro atoms. The monoisotopic (exact) mass is 227 g/mol. The van der Waals surface area contributed by atoms with E-state index in [1.807, 2.05) is 25.1 Å². The zero-order valence-corrected chi connectivity index (χ0v) is 9.60. The van der Waals surface area contributed by atoms with Crippen LogP contribution in [0, 0.1) is 6.92 Å². The van der Waals surface area contributed by atoms with Gasteiger partial charge in [-0.1, -0.05) is 0 Å². The predicted octanol–water partition coefficient (Wildman–Crippen LogP) is 1.97. The molecule has 4 heteroatoms. The van der Waals surface area contributed by atoms with Crippen LogP contribution in [0.4, 0.5) is 5.82 Å². The van der Waals surface area contributed by atoms with E-state index in [0.29, 0.717) is 5.82 Å². The predicted molar refractivity (Wildman–Crippen MR) is 65.8 cm³/mol. The van der Waals surface area contributed by atoms with Crippen molar-refractivity contribution >= 4 is 5.82 Å². The first-order valence-electron chi connectivity index (χ1n) is 5.60. The van der Waals surface area contributed by atoms with Crippen molar-refractivity contribution < 1.29 is 4.74 Å². The zero-order chi connectivity index (χ0) is 11.8. The van der Waals surface area contributed by atoms with Gasteiger partial charge in [0.25, 0.3) is 0 Å². The Labute approximate surface area is 99.4 Å². The quantitative estimate of drug-likeness (QED) is 0.809. The number of hydrogen-bond acceptors (Lipinski definition) is 4. The smallest absolute Gasteiger partial charge is 0.149 e. The first-order valence-corrected chi connectivity index (χ1v) is 5.60. The molecule has 2 aromatic rings. The van der Waals surface area contributed by atoms with Gasteiger partial charge in [-0.2, -0.15) is 0 Å². The molecule has 0 atom stereocenters. The van der Waals surface area contributed by atoms with Crippen LogP contribution in [0.2, 0.25) is 0 Å². The summed E-state index contributed by atoms with van der Waals surface area (Å²) in [5.74, 6) is 1.46. The number of nitrogens with two attached hydrogens (primary N) is 1. The van der Waals surface area contributed by atoms with Crippen LogP contribution in [0.5, 0.6) is 5.75 Å². The number of rotatable bonds is 1. The van der Waals surface area contributed by atoms with Gasteiger partial charge in [-0.15, -0.1) is 10.2 Å². The molecule has 1 aliphatic heterocycles. The van der Waals surface area contributed by atoms with Gasteiger partial charge in [-0.25, -0.2) is 0 Å². The van der Waals surface area contributed by atoms with Gasteiger partial charge in [0, 0.05) is 12.0 Å². The van der Waals surface area contributed by atoms with E-state index < -0.39 is 0 Å². The van der Waals surface area contributed by atoms with Gasteiger partial charge in [0.05, 0.1) is 12.3 Å². The molecule has 0 fully saturated rings. The van der Waals surface area contributed by atoms with Crippen molar-refractivity contribution in [3.05, 3.63) is 35.4 Å². The van der Waals surface area contributed by atoms with Crippen molar-refractivity contribution in [3.8, 4) is 17.0 Å².